The zero-order valence-electron chi connectivity index (χ0n) is 11.8. The van der Waals surface area contributed by atoms with Crippen LogP contribution in [0, 0.1) is 0 Å². The highest BCUT2D eigenvalue weighted by molar-refractivity contribution is 9.15. The van der Waals surface area contributed by atoms with E-state index in [-0.39, 0.29) is 24.7 Å². The number of hydrogen-bond donors (Lipinski definition) is 1. The van der Waals surface area contributed by atoms with Crippen molar-refractivity contribution < 1.29 is 14.4 Å². The molecule has 21 heavy (non-hydrogen) atoms. The lowest BCUT2D eigenvalue weighted by Gasteiger charge is -2.17. The molecule has 2 rings (SSSR count). The number of Topliss-reactive ketones (excluding diaryl/α,β-unsaturated/α-hetero) is 1. The number of hydrogen-bond acceptors (Lipinski definition) is 3. The van der Waals surface area contributed by atoms with Crippen LogP contribution in [0.2, 0.25) is 0 Å². The molecule has 1 N–H and O–H groups in total. The lowest BCUT2D eigenvalue weighted by Crippen LogP contribution is -2.32. The van der Waals surface area contributed by atoms with E-state index >= 15 is 0 Å². The SMILES string of the molecule is CC(=O)CNC(=O)C1=C(Br)c2ccccc2N(C)C(=O)C1. The standard InChI is InChI=1S/C15H15BrN2O3/c1-9(19)8-17-15(21)11-7-13(20)18(2)12-6-4-3-5-10(12)14(11)16/h3-6H,7-8H2,1-2H3,(H,17,21). The van der Waals surface area contributed by atoms with Crippen molar-refractivity contribution >= 4 is 43.7 Å². The van der Waals surface area contributed by atoms with Gasteiger partial charge in [0.1, 0.15) is 5.78 Å². The predicted molar refractivity (Wildman–Crippen MR) is 84.0 cm³/mol. The Morgan fingerprint density at radius 1 is 1.33 bits per heavy atom. The van der Waals surface area contributed by atoms with Crippen molar-refractivity contribution in [3.63, 3.8) is 0 Å². The van der Waals surface area contributed by atoms with Crippen LogP contribution in [-0.4, -0.2) is 31.2 Å². The number of fused-ring (bicyclic) bond motifs is 1. The molecular formula is C15H15BrN2O3. The molecule has 1 aliphatic rings. The minimum atomic E-state index is -0.407. The summed E-state index contributed by atoms with van der Waals surface area (Å²) in [6, 6.07) is 7.34. The average molecular weight is 351 g/mol. The Labute approximate surface area is 131 Å². The highest BCUT2D eigenvalue weighted by Crippen LogP contribution is 2.37. The summed E-state index contributed by atoms with van der Waals surface area (Å²) in [6.07, 6.45) is -0.0184. The molecule has 1 aromatic carbocycles. The quantitative estimate of drug-likeness (QED) is 0.904. The molecule has 0 aromatic heterocycles. The van der Waals surface area contributed by atoms with Crippen LogP contribution in [0.3, 0.4) is 0 Å². The fourth-order valence-electron chi connectivity index (χ4n) is 2.09. The number of anilines is 1. The molecule has 0 saturated carbocycles. The van der Waals surface area contributed by atoms with E-state index in [4.69, 9.17) is 0 Å². The van der Waals surface area contributed by atoms with E-state index in [9.17, 15) is 14.4 Å². The number of benzene rings is 1. The van der Waals surface area contributed by atoms with Crippen molar-refractivity contribution in [1.82, 2.24) is 5.32 Å². The zero-order chi connectivity index (χ0) is 15.6. The van der Waals surface area contributed by atoms with Crippen LogP contribution in [-0.2, 0) is 14.4 Å². The topological polar surface area (TPSA) is 66.5 Å². The first-order valence-corrected chi connectivity index (χ1v) is 7.23. The van der Waals surface area contributed by atoms with Crippen LogP contribution < -0.4 is 10.2 Å². The highest BCUT2D eigenvalue weighted by atomic mass is 79.9. The Morgan fingerprint density at radius 2 is 2.00 bits per heavy atom. The normalized spacial score (nSPS) is 14.6. The summed E-state index contributed by atoms with van der Waals surface area (Å²) in [5.41, 5.74) is 1.85. The molecular weight excluding hydrogens is 336 g/mol. The van der Waals surface area contributed by atoms with Gasteiger partial charge in [0.05, 0.1) is 18.7 Å². The fraction of sp³-hybridized carbons (Fsp3) is 0.267. The van der Waals surface area contributed by atoms with E-state index in [2.05, 4.69) is 21.2 Å². The number of para-hydroxylation sites is 1. The van der Waals surface area contributed by atoms with Crippen molar-refractivity contribution in [2.45, 2.75) is 13.3 Å². The lowest BCUT2D eigenvalue weighted by molar-refractivity contribution is -0.123. The minimum Gasteiger partial charge on any atom is -0.345 e. The highest BCUT2D eigenvalue weighted by Gasteiger charge is 2.27. The van der Waals surface area contributed by atoms with E-state index < -0.39 is 5.91 Å². The van der Waals surface area contributed by atoms with Gasteiger partial charge in [-0.15, -0.1) is 0 Å². The number of halogens is 1. The Kier molecular flexibility index (Phi) is 4.57. The second-order valence-corrected chi connectivity index (χ2v) is 5.62. The summed E-state index contributed by atoms with van der Waals surface area (Å²) >= 11 is 3.42. The van der Waals surface area contributed by atoms with E-state index in [0.717, 1.165) is 11.3 Å². The molecule has 5 nitrogen and oxygen atoms in total. The Balaban J connectivity index is 2.44. The maximum atomic E-state index is 12.2. The maximum Gasteiger partial charge on any atom is 0.249 e. The summed E-state index contributed by atoms with van der Waals surface area (Å²) < 4.78 is 0.580. The third-order valence-electron chi connectivity index (χ3n) is 3.24. The first kappa shape index (κ1) is 15.4. The summed E-state index contributed by atoms with van der Waals surface area (Å²) in [6.45, 7) is 1.35. The number of carbonyl (C=O) groups excluding carboxylic acids is 3. The van der Waals surface area contributed by atoms with Gasteiger partial charge in [-0.3, -0.25) is 14.4 Å². The van der Waals surface area contributed by atoms with Crippen LogP contribution >= 0.6 is 15.9 Å². The van der Waals surface area contributed by atoms with E-state index in [1.165, 1.54) is 11.8 Å². The van der Waals surface area contributed by atoms with E-state index in [1.807, 2.05) is 24.3 Å². The number of ketones is 1. The van der Waals surface area contributed by atoms with E-state index in [1.54, 1.807) is 7.05 Å². The Morgan fingerprint density at radius 3 is 2.67 bits per heavy atom. The van der Waals surface area contributed by atoms with Crippen LogP contribution in [0.4, 0.5) is 5.69 Å². The molecule has 0 spiro atoms. The van der Waals surface area contributed by atoms with Crippen molar-refractivity contribution in [1.29, 1.82) is 0 Å². The molecule has 1 aromatic rings. The van der Waals surface area contributed by atoms with Crippen molar-refractivity contribution in [3.8, 4) is 0 Å². The predicted octanol–water partition coefficient (Wildman–Crippen LogP) is 1.86. The average Bonchev–Trinajstić information content (AvgIpc) is 2.56. The largest absolute Gasteiger partial charge is 0.345 e. The second kappa shape index (κ2) is 6.22. The Bertz CT molecular complexity index is 652. The molecule has 110 valence electrons. The van der Waals surface area contributed by atoms with Gasteiger partial charge in [-0.05, 0) is 28.9 Å². The van der Waals surface area contributed by atoms with Gasteiger partial charge in [0, 0.05) is 22.7 Å². The number of nitrogens with one attached hydrogen (secondary N) is 1. The van der Waals surface area contributed by atoms with Gasteiger partial charge >= 0.3 is 0 Å². The van der Waals surface area contributed by atoms with Crippen LogP contribution in [0.5, 0.6) is 0 Å². The lowest BCUT2D eigenvalue weighted by atomic mass is 10.1. The molecule has 6 heteroatoms. The summed E-state index contributed by atoms with van der Waals surface area (Å²) in [5.74, 6) is -0.724. The van der Waals surface area contributed by atoms with Gasteiger partial charge in [0.25, 0.3) is 0 Å². The molecule has 1 aliphatic heterocycles. The summed E-state index contributed by atoms with van der Waals surface area (Å²) in [7, 11) is 1.68. The van der Waals surface area contributed by atoms with Gasteiger partial charge in [-0.25, -0.2) is 0 Å². The molecule has 1 heterocycles. The van der Waals surface area contributed by atoms with E-state index in [0.29, 0.717) is 10.1 Å². The van der Waals surface area contributed by atoms with Crippen molar-refractivity contribution in [2.75, 3.05) is 18.5 Å². The van der Waals surface area contributed by atoms with Crippen molar-refractivity contribution in [3.05, 3.63) is 35.4 Å². The molecule has 0 fully saturated rings. The van der Waals surface area contributed by atoms with Gasteiger partial charge in [-0.2, -0.15) is 0 Å². The third-order valence-corrected chi connectivity index (χ3v) is 4.15. The van der Waals surface area contributed by atoms with Gasteiger partial charge < -0.3 is 10.2 Å². The third kappa shape index (κ3) is 3.21. The van der Waals surface area contributed by atoms with Crippen LogP contribution in [0.1, 0.15) is 18.9 Å². The monoisotopic (exact) mass is 350 g/mol. The number of carbonyl (C=O) groups is 3. The number of nitrogens with zero attached hydrogens (tertiary/aromatic N) is 1. The smallest absolute Gasteiger partial charge is 0.249 e. The summed E-state index contributed by atoms with van der Waals surface area (Å²) in [4.78, 5) is 36.9. The molecule has 0 bridgehead atoms. The molecule has 0 radical (unpaired) electrons. The summed E-state index contributed by atoms with van der Waals surface area (Å²) in [5, 5.41) is 2.53. The number of amides is 2. The van der Waals surface area contributed by atoms with Gasteiger partial charge in [0.15, 0.2) is 0 Å². The molecule has 0 aliphatic carbocycles. The minimum absolute atomic E-state index is 0.0184. The van der Waals surface area contributed by atoms with Gasteiger partial charge in [-0.1, -0.05) is 18.2 Å². The maximum absolute atomic E-state index is 12.2. The first-order valence-electron chi connectivity index (χ1n) is 6.44. The second-order valence-electron chi connectivity index (χ2n) is 4.82. The van der Waals surface area contributed by atoms with Crippen LogP contribution in [0.25, 0.3) is 4.48 Å². The Hall–Kier alpha value is -1.95. The zero-order valence-corrected chi connectivity index (χ0v) is 13.4. The molecule has 0 unspecified atom stereocenters. The molecule has 0 saturated heterocycles. The van der Waals surface area contributed by atoms with Crippen LogP contribution in [0.15, 0.2) is 29.8 Å². The molecule has 2 amide bonds. The first-order chi connectivity index (χ1) is 9.91. The van der Waals surface area contributed by atoms with Gasteiger partial charge in [0.2, 0.25) is 11.8 Å². The van der Waals surface area contributed by atoms with Crippen molar-refractivity contribution in [2.24, 2.45) is 0 Å². The number of rotatable bonds is 3. The molecule has 0 atom stereocenters. The fourth-order valence-corrected chi connectivity index (χ4v) is 2.74.